The molecule has 0 aliphatic carbocycles. The molecule has 0 bridgehead atoms. The predicted octanol–water partition coefficient (Wildman–Crippen LogP) is 5.54. The van der Waals surface area contributed by atoms with E-state index in [2.05, 4.69) is 50.7 Å². The maximum Gasteiger partial charge on any atom is 0.307 e. The highest BCUT2D eigenvalue weighted by Gasteiger charge is 2.08. The number of furan rings is 1. The molecule has 1 N–H and O–H groups in total. The van der Waals surface area contributed by atoms with Crippen LogP contribution in [-0.4, -0.2) is 12.1 Å². The van der Waals surface area contributed by atoms with Gasteiger partial charge in [-0.25, -0.2) is 5.43 Å². The Morgan fingerprint density at radius 3 is 2.79 bits per heavy atom. The van der Waals surface area contributed by atoms with Crippen molar-refractivity contribution >= 4 is 38.8 Å². The maximum absolute atomic E-state index is 11.9. The van der Waals surface area contributed by atoms with E-state index < -0.39 is 5.91 Å². The molecule has 29 heavy (non-hydrogen) atoms. The molecular weight excluding hydrogens is 432 g/mol. The Labute approximate surface area is 176 Å². The van der Waals surface area contributed by atoms with Crippen molar-refractivity contribution in [1.29, 1.82) is 0 Å². The summed E-state index contributed by atoms with van der Waals surface area (Å²) in [5.41, 5.74) is 4.28. The Bertz CT molecular complexity index is 1160. The minimum absolute atomic E-state index is 0.198. The average molecular weight is 449 g/mol. The van der Waals surface area contributed by atoms with Crippen molar-refractivity contribution in [2.45, 2.75) is 6.61 Å². The zero-order valence-electron chi connectivity index (χ0n) is 15.3. The Kier molecular flexibility index (Phi) is 5.72. The zero-order chi connectivity index (χ0) is 20.1. The van der Waals surface area contributed by atoms with Gasteiger partial charge in [0.2, 0.25) is 0 Å². The topological polar surface area (TPSA) is 63.8 Å². The monoisotopic (exact) mass is 448 g/mol. The van der Waals surface area contributed by atoms with Crippen LogP contribution in [0, 0.1) is 0 Å². The molecule has 1 heterocycles. The highest BCUT2D eigenvalue weighted by Crippen LogP contribution is 2.25. The quantitative estimate of drug-likeness (QED) is 0.311. The molecule has 0 spiro atoms. The van der Waals surface area contributed by atoms with E-state index >= 15 is 0 Å². The molecule has 4 rings (SSSR count). The van der Waals surface area contributed by atoms with E-state index in [0.29, 0.717) is 12.4 Å². The molecule has 0 saturated carbocycles. The van der Waals surface area contributed by atoms with Crippen LogP contribution < -0.4 is 10.2 Å². The van der Waals surface area contributed by atoms with Crippen LogP contribution in [0.15, 0.2) is 93.1 Å². The van der Waals surface area contributed by atoms with Gasteiger partial charge in [0, 0.05) is 10.0 Å². The molecule has 0 aliphatic rings. The van der Waals surface area contributed by atoms with E-state index in [1.807, 2.05) is 36.4 Å². The number of carbonyl (C=O) groups excluding carboxylic acids is 1. The van der Waals surface area contributed by atoms with Crippen LogP contribution in [0.1, 0.15) is 21.7 Å². The van der Waals surface area contributed by atoms with Crippen molar-refractivity contribution < 1.29 is 13.9 Å². The van der Waals surface area contributed by atoms with E-state index in [0.717, 1.165) is 21.0 Å². The Morgan fingerprint density at radius 2 is 1.93 bits per heavy atom. The van der Waals surface area contributed by atoms with Gasteiger partial charge in [-0.1, -0.05) is 58.4 Å². The molecule has 0 atom stereocenters. The molecule has 1 amide bonds. The van der Waals surface area contributed by atoms with Crippen LogP contribution >= 0.6 is 15.9 Å². The Hall–Kier alpha value is -3.38. The lowest BCUT2D eigenvalue weighted by Crippen LogP contribution is -2.16. The third-order valence-electron chi connectivity index (χ3n) is 4.35. The standard InChI is InChI=1S/C23H17BrN2O3/c24-19-10-11-21(18(13-19)14-25-26-23(27)22-9-4-12-28-22)29-15-17-7-3-6-16-5-1-2-8-20(16)17/h1-14H,15H2,(H,26,27)/b25-14-. The van der Waals surface area contributed by atoms with Crippen molar-refractivity contribution in [3.8, 4) is 5.75 Å². The van der Waals surface area contributed by atoms with Crippen LogP contribution in [-0.2, 0) is 6.61 Å². The smallest absolute Gasteiger partial charge is 0.307 e. The van der Waals surface area contributed by atoms with Gasteiger partial charge in [-0.15, -0.1) is 0 Å². The summed E-state index contributed by atoms with van der Waals surface area (Å²) < 4.78 is 12.0. The summed E-state index contributed by atoms with van der Waals surface area (Å²) in [5.74, 6) is 0.445. The van der Waals surface area contributed by atoms with Crippen molar-refractivity contribution in [2.24, 2.45) is 5.10 Å². The van der Waals surface area contributed by atoms with Gasteiger partial charge in [-0.2, -0.15) is 5.10 Å². The van der Waals surface area contributed by atoms with Gasteiger partial charge < -0.3 is 9.15 Å². The van der Waals surface area contributed by atoms with Crippen molar-refractivity contribution in [3.63, 3.8) is 0 Å². The van der Waals surface area contributed by atoms with Crippen LogP contribution in [0.2, 0.25) is 0 Å². The number of hydrogen-bond acceptors (Lipinski definition) is 4. The number of rotatable bonds is 6. The molecule has 0 fully saturated rings. The SMILES string of the molecule is O=C(N/N=C\c1cc(Br)ccc1OCc1cccc2ccccc12)c1ccco1. The normalized spacial score (nSPS) is 11.1. The van der Waals surface area contributed by atoms with E-state index in [1.54, 1.807) is 18.3 Å². The number of carbonyl (C=O) groups is 1. The molecule has 5 nitrogen and oxygen atoms in total. The second-order valence-corrected chi connectivity index (χ2v) is 7.20. The van der Waals surface area contributed by atoms with Crippen molar-refractivity contribution in [1.82, 2.24) is 5.43 Å². The number of hydrogen-bond donors (Lipinski definition) is 1. The molecule has 0 aliphatic heterocycles. The first-order valence-corrected chi connectivity index (χ1v) is 9.76. The number of fused-ring (bicyclic) bond motifs is 1. The van der Waals surface area contributed by atoms with Crippen LogP contribution in [0.25, 0.3) is 10.8 Å². The predicted molar refractivity (Wildman–Crippen MR) is 116 cm³/mol. The summed E-state index contributed by atoms with van der Waals surface area (Å²) in [4.78, 5) is 11.9. The largest absolute Gasteiger partial charge is 0.488 e. The van der Waals surface area contributed by atoms with Gasteiger partial charge in [-0.05, 0) is 46.7 Å². The number of benzene rings is 3. The fraction of sp³-hybridized carbons (Fsp3) is 0.0435. The highest BCUT2D eigenvalue weighted by molar-refractivity contribution is 9.10. The second-order valence-electron chi connectivity index (χ2n) is 6.29. The van der Waals surface area contributed by atoms with Gasteiger partial charge in [0.15, 0.2) is 5.76 Å². The summed E-state index contributed by atoms with van der Waals surface area (Å²) in [7, 11) is 0. The first-order valence-electron chi connectivity index (χ1n) is 8.96. The fourth-order valence-corrected chi connectivity index (χ4v) is 3.33. The number of amides is 1. The van der Waals surface area contributed by atoms with E-state index in [9.17, 15) is 4.79 Å². The van der Waals surface area contributed by atoms with Crippen LogP contribution in [0.3, 0.4) is 0 Å². The molecule has 3 aromatic carbocycles. The molecule has 0 unspecified atom stereocenters. The van der Waals surface area contributed by atoms with E-state index in [-0.39, 0.29) is 5.76 Å². The Morgan fingerprint density at radius 1 is 1.07 bits per heavy atom. The summed E-state index contributed by atoms with van der Waals surface area (Å²) >= 11 is 3.46. The molecule has 0 radical (unpaired) electrons. The summed E-state index contributed by atoms with van der Waals surface area (Å²) in [6.07, 6.45) is 2.98. The second kappa shape index (κ2) is 8.75. The zero-order valence-corrected chi connectivity index (χ0v) is 16.9. The lowest BCUT2D eigenvalue weighted by atomic mass is 10.1. The molecule has 144 valence electrons. The maximum atomic E-state index is 11.9. The number of nitrogens with one attached hydrogen (secondary N) is 1. The highest BCUT2D eigenvalue weighted by atomic mass is 79.9. The van der Waals surface area contributed by atoms with Gasteiger partial charge in [0.05, 0.1) is 12.5 Å². The minimum atomic E-state index is -0.417. The van der Waals surface area contributed by atoms with Crippen LogP contribution in [0.5, 0.6) is 5.75 Å². The average Bonchev–Trinajstić information content (AvgIpc) is 3.28. The summed E-state index contributed by atoms with van der Waals surface area (Å²) in [6.45, 7) is 0.419. The van der Waals surface area contributed by atoms with Gasteiger partial charge in [-0.3, -0.25) is 4.79 Å². The van der Waals surface area contributed by atoms with Gasteiger partial charge >= 0.3 is 5.91 Å². The lowest BCUT2D eigenvalue weighted by Gasteiger charge is -2.11. The van der Waals surface area contributed by atoms with E-state index in [1.165, 1.54) is 11.6 Å². The van der Waals surface area contributed by atoms with Crippen LogP contribution in [0.4, 0.5) is 0 Å². The van der Waals surface area contributed by atoms with Crippen molar-refractivity contribution in [2.75, 3.05) is 0 Å². The lowest BCUT2D eigenvalue weighted by molar-refractivity contribution is 0.0927. The number of nitrogens with zero attached hydrogens (tertiary/aromatic N) is 1. The first-order chi connectivity index (χ1) is 14.2. The first kappa shape index (κ1) is 19.0. The number of halogens is 1. The molecule has 1 aromatic heterocycles. The minimum Gasteiger partial charge on any atom is -0.488 e. The summed E-state index contributed by atoms with van der Waals surface area (Å²) in [5, 5.41) is 6.35. The molecule has 4 aromatic rings. The third kappa shape index (κ3) is 4.55. The van der Waals surface area contributed by atoms with Crippen molar-refractivity contribution in [3.05, 3.63) is 100 Å². The molecule has 0 saturated heterocycles. The Balaban J connectivity index is 1.50. The number of ether oxygens (including phenoxy) is 1. The summed E-state index contributed by atoms with van der Waals surface area (Å²) in [6, 6.07) is 23.2. The fourth-order valence-electron chi connectivity index (χ4n) is 2.95. The third-order valence-corrected chi connectivity index (χ3v) is 4.84. The van der Waals surface area contributed by atoms with Gasteiger partial charge in [0.25, 0.3) is 0 Å². The molecule has 6 heteroatoms. The van der Waals surface area contributed by atoms with Gasteiger partial charge in [0.1, 0.15) is 12.4 Å². The molecular formula is C23H17BrN2O3. The van der Waals surface area contributed by atoms with E-state index in [4.69, 9.17) is 9.15 Å². The number of hydrazone groups is 1.